The maximum absolute atomic E-state index is 12.2. The highest BCUT2D eigenvalue weighted by atomic mass is 35.5. The van der Waals surface area contributed by atoms with Crippen molar-refractivity contribution >= 4 is 40.5 Å². The molecule has 2 aromatic carbocycles. The number of nitrogen functional groups attached to an aromatic ring is 1. The van der Waals surface area contributed by atoms with Crippen LogP contribution in [0.2, 0.25) is 10.0 Å². The van der Waals surface area contributed by atoms with Gasteiger partial charge in [0.15, 0.2) is 0 Å². The molecule has 2 rings (SSSR count). The smallest absolute Gasteiger partial charge is 0.255 e. The van der Waals surface area contributed by atoms with E-state index in [1.165, 1.54) is 18.2 Å². The first-order valence-corrected chi connectivity index (χ1v) is 7.05. The first-order valence-electron chi connectivity index (χ1n) is 6.30. The van der Waals surface area contributed by atoms with Crippen molar-refractivity contribution in [2.45, 2.75) is 13.3 Å². The highest BCUT2D eigenvalue weighted by Crippen LogP contribution is 2.30. The average Bonchev–Trinajstić information content (AvgIpc) is 2.46. The van der Waals surface area contributed by atoms with E-state index in [-0.39, 0.29) is 27.0 Å². The number of hydrogen-bond donors (Lipinski definition) is 3. The fourth-order valence-corrected chi connectivity index (χ4v) is 2.30. The predicted octanol–water partition coefficient (Wildman–Crippen LogP) is 4.10. The number of anilines is 2. The normalized spacial score (nSPS) is 10.4. The number of aryl methyl sites for hydroxylation is 1. The number of halogens is 2. The number of carbonyl (C=O) groups is 1. The Bertz CT molecular complexity index is 679. The molecule has 0 aliphatic heterocycles. The van der Waals surface area contributed by atoms with E-state index in [0.29, 0.717) is 5.69 Å². The largest absolute Gasteiger partial charge is 0.506 e. The summed E-state index contributed by atoms with van der Waals surface area (Å²) in [6, 6.07) is 7.91. The molecule has 0 aliphatic rings. The molecule has 110 valence electrons. The van der Waals surface area contributed by atoms with Crippen molar-refractivity contribution < 1.29 is 9.90 Å². The van der Waals surface area contributed by atoms with Crippen LogP contribution in [0.3, 0.4) is 0 Å². The number of hydrogen-bond acceptors (Lipinski definition) is 3. The number of amides is 1. The molecule has 0 atom stereocenters. The molecule has 0 heterocycles. The van der Waals surface area contributed by atoms with Crippen LogP contribution in [-0.2, 0) is 6.42 Å². The Morgan fingerprint density at radius 2 is 1.86 bits per heavy atom. The molecule has 0 radical (unpaired) electrons. The standard InChI is InChI=1S/C15H14Cl2N2O2/c1-2-8-3-4-13(20)12(5-8)19-15(21)9-6-10(16)14(18)11(17)7-9/h3-7,20H,2,18H2,1H3,(H,19,21). The average molecular weight is 325 g/mol. The van der Waals surface area contributed by atoms with Gasteiger partial charge in [-0.1, -0.05) is 36.2 Å². The minimum atomic E-state index is -0.428. The van der Waals surface area contributed by atoms with Crippen LogP contribution >= 0.6 is 23.2 Å². The van der Waals surface area contributed by atoms with E-state index in [0.717, 1.165) is 12.0 Å². The highest BCUT2D eigenvalue weighted by Gasteiger charge is 2.13. The number of phenols is 1. The zero-order valence-electron chi connectivity index (χ0n) is 11.3. The van der Waals surface area contributed by atoms with Crippen LogP contribution in [-0.4, -0.2) is 11.0 Å². The van der Waals surface area contributed by atoms with Crippen LogP contribution in [0.25, 0.3) is 0 Å². The van der Waals surface area contributed by atoms with Gasteiger partial charge in [-0.05, 0) is 36.2 Å². The molecule has 6 heteroatoms. The van der Waals surface area contributed by atoms with Gasteiger partial charge in [0.2, 0.25) is 0 Å². The number of phenolic OH excluding ortho intramolecular Hbond substituents is 1. The lowest BCUT2D eigenvalue weighted by Gasteiger charge is -2.10. The Hall–Kier alpha value is -1.91. The molecule has 0 spiro atoms. The molecule has 2 aromatic rings. The number of rotatable bonds is 3. The van der Waals surface area contributed by atoms with Crippen LogP contribution < -0.4 is 11.1 Å². The van der Waals surface area contributed by atoms with Crippen molar-refractivity contribution in [1.82, 2.24) is 0 Å². The van der Waals surface area contributed by atoms with Crippen LogP contribution in [0.1, 0.15) is 22.8 Å². The lowest BCUT2D eigenvalue weighted by molar-refractivity contribution is 0.102. The number of carbonyl (C=O) groups excluding carboxylic acids is 1. The Kier molecular flexibility index (Phi) is 4.60. The predicted molar refractivity (Wildman–Crippen MR) is 86.3 cm³/mol. The van der Waals surface area contributed by atoms with Crippen molar-refractivity contribution in [2.24, 2.45) is 0 Å². The van der Waals surface area contributed by atoms with Gasteiger partial charge < -0.3 is 16.2 Å². The summed E-state index contributed by atoms with van der Waals surface area (Å²) < 4.78 is 0. The summed E-state index contributed by atoms with van der Waals surface area (Å²) in [7, 11) is 0. The van der Waals surface area contributed by atoms with Crippen LogP contribution in [0.15, 0.2) is 30.3 Å². The summed E-state index contributed by atoms with van der Waals surface area (Å²) in [5.41, 5.74) is 7.45. The molecule has 4 nitrogen and oxygen atoms in total. The fraction of sp³-hybridized carbons (Fsp3) is 0.133. The lowest BCUT2D eigenvalue weighted by atomic mass is 10.1. The number of aromatic hydroxyl groups is 1. The molecular formula is C15H14Cl2N2O2. The van der Waals surface area contributed by atoms with Gasteiger partial charge >= 0.3 is 0 Å². The van der Waals surface area contributed by atoms with E-state index < -0.39 is 5.91 Å². The first-order chi connectivity index (χ1) is 9.92. The molecule has 0 saturated carbocycles. The van der Waals surface area contributed by atoms with Gasteiger partial charge in [0.05, 0.1) is 21.4 Å². The molecule has 0 fully saturated rings. The van der Waals surface area contributed by atoms with Gasteiger partial charge in [-0.25, -0.2) is 0 Å². The zero-order valence-corrected chi connectivity index (χ0v) is 12.8. The second-order valence-corrected chi connectivity index (χ2v) is 5.33. The maximum atomic E-state index is 12.2. The van der Waals surface area contributed by atoms with E-state index in [2.05, 4.69) is 5.32 Å². The molecule has 0 aliphatic carbocycles. The summed E-state index contributed by atoms with van der Waals surface area (Å²) in [4.78, 5) is 12.2. The third-order valence-corrected chi connectivity index (χ3v) is 3.68. The molecule has 0 aromatic heterocycles. The third-order valence-electron chi connectivity index (χ3n) is 3.06. The molecule has 0 bridgehead atoms. The third kappa shape index (κ3) is 3.40. The van der Waals surface area contributed by atoms with Gasteiger partial charge in [0.1, 0.15) is 5.75 Å². The summed E-state index contributed by atoms with van der Waals surface area (Å²) >= 11 is 11.8. The second-order valence-electron chi connectivity index (χ2n) is 4.51. The van der Waals surface area contributed by atoms with E-state index in [1.54, 1.807) is 12.1 Å². The van der Waals surface area contributed by atoms with E-state index >= 15 is 0 Å². The monoisotopic (exact) mass is 324 g/mol. The van der Waals surface area contributed by atoms with Crippen molar-refractivity contribution in [3.05, 3.63) is 51.5 Å². The van der Waals surface area contributed by atoms with Gasteiger partial charge in [-0.3, -0.25) is 4.79 Å². The van der Waals surface area contributed by atoms with Gasteiger partial charge in [-0.2, -0.15) is 0 Å². The SMILES string of the molecule is CCc1ccc(O)c(NC(=O)c2cc(Cl)c(N)c(Cl)c2)c1. The second kappa shape index (κ2) is 6.24. The van der Waals surface area contributed by atoms with Gasteiger partial charge in [0, 0.05) is 5.56 Å². The van der Waals surface area contributed by atoms with Crippen LogP contribution in [0.4, 0.5) is 11.4 Å². The summed E-state index contributed by atoms with van der Waals surface area (Å²) in [5, 5.41) is 12.8. The lowest BCUT2D eigenvalue weighted by Crippen LogP contribution is -2.12. The number of nitrogens with one attached hydrogen (secondary N) is 1. The van der Waals surface area contributed by atoms with Crippen molar-refractivity contribution in [3.8, 4) is 5.75 Å². The summed E-state index contributed by atoms with van der Waals surface area (Å²) in [6.45, 7) is 1.98. The summed E-state index contributed by atoms with van der Waals surface area (Å²) in [6.07, 6.45) is 0.794. The first kappa shape index (κ1) is 15.5. The van der Waals surface area contributed by atoms with Crippen molar-refractivity contribution in [3.63, 3.8) is 0 Å². The molecule has 4 N–H and O–H groups in total. The topological polar surface area (TPSA) is 75.3 Å². The molecular weight excluding hydrogens is 311 g/mol. The number of nitrogens with two attached hydrogens (primary N) is 1. The Labute approximate surface area is 132 Å². The minimum Gasteiger partial charge on any atom is -0.506 e. The quantitative estimate of drug-likeness (QED) is 0.587. The molecule has 0 saturated heterocycles. The molecule has 21 heavy (non-hydrogen) atoms. The Balaban J connectivity index is 2.30. The van der Waals surface area contributed by atoms with E-state index in [4.69, 9.17) is 28.9 Å². The van der Waals surface area contributed by atoms with Crippen LogP contribution in [0.5, 0.6) is 5.75 Å². The summed E-state index contributed by atoms with van der Waals surface area (Å²) in [5.74, 6) is -0.435. The highest BCUT2D eigenvalue weighted by molar-refractivity contribution is 6.39. The van der Waals surface area contributed by atoms with Crippen molar-refractivity contribution in [1.29, 1.82) is 0 Å². The minimum absolute atomic E-state index is 0.00631. The zero-order chi connectivity index (χ0) is 15.6. The van der Waals surface area contributed by atoms with Crippen molar-refractivity contribution in [2.75, 3.05) is 11.1 Å². The van der Waals surface area contributed by atoms with Gasteiger partial charge in [-0.15, -0.1) is 0 Å². The number of benzene rings is 2. The molecule has 1 amide bonds. The van der Waals surface area contributed by atoms with E-state index in [9.17, 15) is 9.90 Å². The molecule has 0 unspecified atom stereocenters. The fourth-order valence-electron chi connectivity index (χ4n) is 1.81. The van der Waals surface area contributed by atoms with Crippen LogP contribution in [0, 0.1) is 0 Å². The maximum Gasteiger partial charge on any atom is 0.255 e. The Morgan fingerprint density at radius 3 is 2.43 bits per heavy atom. The van der Waals surface area contributed by atoms with E-state index in [1.807, 2.05) is 6.92 Å². The van der Waals surface area contributed by atoms with Gasteiger partial charge in [0.25, 0.3) is 5.91 Å². The Morgan fingerprint density at radius 1 is 1.24 bits per heavy atom.